The molecule has 2 amide bonds. The number of alkyl halides is 1. The van der Waals surface area contributed by atoms with Gasteiger partial charge >= 0.3 is 23.9 Å². The molecule has 0 bridgehead atoms. The number of nitrogens with one attached hydrogen (secondary N) is 1. The highest BCUT2D eigenvalue weighted by Crippen LogP contribution is 2.41. The number of β-lactam (4-membered cyclic amide) rings is 1. The van der Waals surface area contributed by atoms with Crippen molar-refractivity contribution in [3.05, 3.63) is 148 Å². The van der Waals surface area contributed by atoms with E-state index in [2.05, 4.69) is 38.0 Å². The van der Waals surface area contributed by atoms with Crippen molar-refractivity contribution in [3.8, 4) is 17.2 Å². The third kappa shape index (κ3) is 11.0. The summed E-state index contributed by atoms with van der Waals surface area (Å²) in [5.74, 6) is -3.97. The van der Waals surface area contributed by atoms with Gasteiger partial charge in [-0.1, -0.05) is 107 Å². The molecule has 4 aromatic carbocycles. The van der Waals surface area contributed by atoms with Gasteiger partial charge in [-0.2, -0.15) is 0 Å². The molecule has 2 aliphatic heterocycles. The van der Waals surface area contributed by atoms with Gasteiger partial charge in [0.2, 0.25) is 6.10 Å². The second-order valence-electron chi connectivity index (χ2n) is 14.4. The largest absolute Gasteiger partial charge is 0.497 e. The van der Waals surface area contributed by atoms with E-state index in [1.165, 1.54) is 40.2 Å². The summed E-state index contributed by atoms with van der Waals surface area (Å²) in [4.78, 5) is 91.9. The number of halogens is 1. The molecule has 0 unspecified atom stereocenters. The number of carbonyl (C=O) groups excluding carboxylic acids is 6. The van der Waals surface area contributed by atoms with Gasteiger partial charge in [-0.15, -0.1) is 23.1 Å². The molecule has 1 fully saturated rings. The molecule has 7 rings (SSSR count). The summed E-state index contributed by atoms with van der Waals surface area (Å²) in [6.07, 6.45) is -2.71. The number of thioether (sulfide) groups is 1. The maximum atomic E-state index is 14.5. The Balaban J connectivity index is 1.18. The number of benzene rings is 4. The second kappa shape index (κ2) is 21.5. The highest BCUT2D eigenvalue weighted by atomic mass is 127. The number of oxime groups is 1. The molecule has 2 aliphatic rings. The number of thiazole rings is 1. The van der Waals surface area contributed by atoms with Crippen molar-refractivity contribution in [3.63, 3.8) is 0 Å². The summed E-state index contributed by atoms with van der Waals surface area (Å²) in [5.41, 5.74) is 8.25. The smallest absolute Gasteiger partial charge is 0.355 e. The molecule has 5 aromatic rings. The van der Waals surface area contributed by atoms with Crippen molar-refractivity contribution in [2.24, 2.45) is 5.16 Å². The number of hydrogen-bond acceptors (Lipinski definition) is 17. The molecule has 0 saturated carbocycles. The number of methoxy groups -OCH3 is 1. The fourth-order valence-electron chi connectivity index (χ4n) is 6.79. The lowest BCUT2D eigenvalue weighted by Gasteiger charge is -2.49. The van der Waals surface area contributed by atoms with Crippen LogP contribution >= 0.6 is 45.7 Å². The topological polar surface area (TPSA) is 224 Å². The highest BCUT2D eigenvalue weighted by molar-refractivity contribution is 14.1. The zero-order chi connectivity index (χ0) is 46.9. The van der Waals surface area contributed by atoms with E-state index < -0.39 is 65.0 Å². The number of amides is 2. The number of anilines is 1. The first kappa shape index (κ1) is 47.2. The molecule has 1 aromatic heterocycles. The molecule has 3 N–H and O–H groups in total. The van der Waals surface area contributed by atoms with Crippen LogP contribution in [0.1, 0.15) is 54.0 Å². The van der Waals surface area contributed by atoms with Crippen molar-refractivity contribution in [2.75, 3.05) is 23.0 Å². The van der Waals surface area contributed by atoms with Crippen molar-refractivity contribution >= 4 is 92.2 Å². The van der Waals surface area contributed by atoms with Gasteiger partial charge < -0.3 is 39.6 Å². The summed E-state index contributed by atoms with van der Waals surface area (Å²) in [7, 11) is 1.55. The van der Waals surface area contributed by atoms with Crippen LogP contribution in [0.5, 0.6) is 17.2 Å². The summed E-state index contributed by atoms with van der Waals surface area (Å²) in [6.45, 7) is 2.25. The monoisotopic (exact) mass is 1050 g/mol. The molecule has 1 saturated heterocycles. The Labute approximate surface area is 399 Å². The average molecular weight is 1050 g/mol. The molecule has 0 spiro atoms. The van der Waals surface area contributed by atoms with E-state index in [0.29, 0.717) is 38.2 Å². The Kier molecular flexibility index (Phi) is 15.4. The van der Waals surface area contributed by atoms with Crippen molar-refractivity contribution < 1.29 is 57.3 Å². The number of nitrogens with two attached hydrogens (primary N) is 1. The lowest BCUT2D eigenvalue weighted by atomic mass is 10.0. The van der Waals surface area contributed by atoms with E-state index >= 15 is 0 Å². The zero-order valence-corrected chi connectivity index (χ0v) is 39.1. The number of fused-ring (bicyclic) bond motifs is 1. The minimum atomic E-state index is -1.77. The fraction of sp³-hybridized carbons (Fsp3) is 0.217. The number of carbonyl (C=O) groups is 6. The molecular weight excluding hydrogens is 1010 g/mol. The lowest BCUT2D eigenvalue weighted by molar-refractivity contribution is -0.162. The summed E-state index contributed by atoms with van der Waals surface area (Å²) >= 11 is 4.47. The molecular formula is C46H40IN5O12S2. The van der Waals surface area contributed by atoms with Gasteiger partial charge in [-0.25, -0.2) is 14.6 Å². The number of ether oxygens (including phenoxy) is 5. The first-order valence-electron chi connectivity index (χ1n) is 19.9. The van der Waals surface area contributed by atoms with Crippen molar-refractivity contribution in [1.82, 2.24) is 15.2 Å². The Bertz CT molecular complexity index is 2660. The van der Waals surface area contributed by atoms with E-state index in [1.807, 2.05) is 12.1 Å². The van der Waals surface area contributed by atoms with Crippen LogP contribution in [0.4, 0.5) is 5.13 Å². The predicted octanol–water partition coefficient (Wildman–Crippen LogP) is 6.21. The SMILES string of the molecule is COc1ccc(COC(=O)C2=C(CI)CS[C@@H]3[C@H](NC(=O)C(=NO[C@H](C(=O)OC(c4ccccc4)c4ccccc4)c4ccc(OC(C)=O)c(OC(C)=O)c4)c4csc(N)n4)C(=O)N23)cc1. The van der Waals surface area contributed by atoms with Crippen LogP contribution in [-0.4, -0.2) is 80.0 Å². The molecule has 0 aliphatic carbocycles. The van der Waals surface area contributed by atoms with Gasteiger partial charge in [-0.3, -0.25) is 24.1 Å². The maximum absolute atomic E-state index is 14.5. The van der Waals surface area contributed by atoms with Crippen LogP contribution in [0, 0.1) is 0 Å². The van der Waals surface area contributed by atoms with E-state index in [4.69, 9.17) is 34.3 Å². The third-order valence-corrected chi connectivity index (χ3v) is 12.8. The standard InChI is InChI=1S/C46H40IN5O12S2/c1-25(53)61-34-19-16-30(20-35(34)62-26(2)54)40(45(58)63-39(28-10-6-4-7-11-28)29-12-8-5-9-13-29)64-51-36(33-24-66-46(48)49-33)41(55)50-37-42(56)52-38(31(21-47)23-65-43(37)52)44(57)60-22-27-14-17-32(59-3)18-15-27/h4-20,24,37,39-40,43H,21-23H2,1-3H3,(H2,48,49)(H,50,55)/t37-,40+,43-/m1/s1. The van der Waals surface area contributed by atoms with E-state index in [9.17, 15) is 28.8 Å². The van der Waals surface area contributed by atoms with Gasteiger partial charge in [-0.05, 0) is 46.5 Å². The second-order valence-corrected chi connectivity index (χ2v) is 17.2. The van der Waals surface area contributed by atoms with Crippen LogP contribution < -0.4 is 25.3 Å². The van der Waals surface area contributed by atoms with Crippen molar-refractivity contribution in [1.29, 1.82) is 0 Å². The van der Waals surface area contributed by atoms with Gasteiger partial charge in [0.15, 0.2) is 28.4 Å². The fourth-order valence-corrected chi connectivity index (χ4v) is 9.68. The Morgan fingerprint density at radius 3 is 2.14 bits per heavy atom. The lowest BCUT2D eigenvalue weighted by Crippen LogP contribution is -2.71. The van der Waals surface area contributed by atoms with E-state index in [1.54, 1.807) is 79.9 Å². The van der Waals surface area contributed by atoms with Crippen LogP contribution in [-0.2, 0) is 49.7 Å². The maximum Gasteiger partial charge on any atom is 0.355 e. The Morgan fingerprint density at radius 1 is 0.894 bits per heavy atom. The minimum Gasteiger partial charge on any atom is -0.497 e. The average Bonchev–Trinajstić information content (AvgIpc) is 3.76. The van der Waals surface area contributed by atoms with Crippen LogP contribution in [0.25, 0.3) is 0 Å². The predicted molar refractivity (Wildman–Crippen MR) is 250 cm³/mol. The van der Waals surface area contributed by atoms with E-state index in [-0.39, 0.29) is 40.2 Å². The van der Waals surface area contributed by atoms with Gasteiger partial charge in [0.1, 0.15) is 35.2 Å². The van der Waals surface area contributed by atoms with Gasteiger partial charge in [0.25, 0.3) is 11.8 Å². The number of nitrogens with zero attached hydrogens (tertiary/aromatic N) is 3. The molecule has 0 radical (unpaired) electrons. The molecule has 3 heterocycles. The van der Waals surface area contributed by atoms with Crippen LogP contribution in [0.2, 0.25) is 0 Å². The first-order chi connectivity index (χ1) is 31.8. The highest BCUT2D eigenvalue weighted by Gasteiger charge is 2.54. The molecule has 20 heteroatoms. The summed E-state index contributed by atoms with van der Waals surface area (Å²) < 4.78 is 28.0. The number of aromatic nitrogens is 1. The third-order valence-electron chi connectivity index (χ3n) is 9.88. The van der Waals surface area contributed by atoms with Gasteiger partial charge in [0, 0.05) is 35.0 Å². The molecule has 340 valence electrons. The Morgan fingerprint density at radius 2 is 1.55 bits per heavy atom. The number of rotatable bonds is 17. The molecule has 17 nitrogen and oxygen atoms in total. The van der Waals surface area contributed by atoms with Crippen LogP contribution in [0.15, 0.2) is 125 Å². The molecule has 66 heavy (non-hydrogen) atoms. The molecule has 3 atom stereocenters. The van der Waals surface area contributed by atoms with E-state index in [0.717, 1.165) is 25.2 Å². The number of nitrogen functional groups attached to an aromatic ring is 1. The van der Waals surface area contributed by atoms with Crippen molar-refractivity contribution in [2.45, 2.75) is 44.1 Å². The quantitative estimate of drug-likeness (QED) is 0.0201. The number of hydrogen-bond donors (Lipinski definition) is 2. The first-order valence-corrected chi connectivity index (χ1v) is 23.4. The normalized spacial score (nSPS) is 16.0. The minimum absolute atomic E-state index is 0.0148. The zero-order valence-electron chi connectivity index (χ0n) is 35.3. The summed E-state index contributed by atoms with van der Waals surface area (Å²) in [6, 6.07) is 27.7. The Hall–Kier alpha value is -6.78. The van der Waals surface area contributed by atoms with Gasteiger partial charge in [0.05, 0.1) is 7.11 Å². The van der Waals surface area contributed by atoms with Crippen LogP contribution in [0.3, 0.4) is 0 Å². The summed E-state index contributed by atoms with van der Waals surface area (Å²) in [5, 5.41) is 7.70. The number of esters is 4.